The standard InChI is InChI=1S/C10H15NO/c1-6-8-3-4-9(5-8)10(6)11-7(2)12/h3-4,6,8-10H,5H2,1-2H3,(H,11,12). The van der Waals surface area contributed by atoms with Crippen molar-refractivity contribution in [3.8, 4) is 0 Å². The van der Waals surface area contributed by atoms with Crippen molar-refractivity contribution in [3.05, 3.63) is 12.2 Å². The summed E-state index contributed by atoms with van der Waals surface area (Å²) in [5.41, 5.74) is 0. The van der Waals surface area contributed by atoms with Gasteiger partial charge >= 0.3 is 0 Å². The van der Waals surface area contributed by atoms with E-state index >= 15 is 0 Å². The number of fused-ring (bicyclic) bond motifs is 2. The van der Waals surface area contributed by atoms with Crippen LogP contribution in [0.4, 0.5) is 0 Å². The van der Waals surface area contributed by atoms with Crippen molar-refractivity contribution in [2.24, 2.45) is 17.8 Å². The molecule has 0 aliphatic heterocycles. The lowest BCUT2D eigenvalue weighted by Crippen LogP contribution is -2.40. The number of hydrogen-bond acceptors (Lipinski definition) is 1. The van der Waals surface area contributed by atoms with Crippen LogP contribution in [0.3, 0.4) is 0 Å². The van der Waals surface area contributed by atoms with E-state index in [1.165, 1.54) is 6.42 Å². The number of nitrogens with one attached hydrogen (secondary N) is 1. The first-order chi connectivity index (χ1) is 5.68. The SMILES string of the molecule is CC(=O)NC1C2C=CC(C2)C1C. The van der Waals surface area contributed by atoms with Crippen molar-refractivity contribution < 1.29 is 4.79 Å². The van der Waals surface area contributed by atoms with Crippen LogP contribution in [-0.4, -0.2) is 11.9 Å². The zero-order chi connectivity index (χ0) is 8.72. The number of carbonyl (C=O) groups is 1. The lowest BCUT2D eigenvalue weighted by Gasteiger charge is -2.25. The molecule has 0 saturated heterocycles. The molecule has 1 N–H and O–H groups in total. The summed E-state index contributed by atoms with van der Waals surface area (Å²) in [4.78, 5) is 10.9. The maximum Gasteiger partial charge on any atom is 0.217 e. The summed E-state index contributed by atoms with van der Waals surface area (Å²) in [5.74, 6) is 2.05. The average molecular weight is 165 g/mol. The molecule has 66 valence electrons. The van der Waals surface area contributed by atoms with Crippen LogP contribution in [0, 0.1) is 17.8 Å². The second-order valence-electron chi connectivity index (χ2n) is 4.03. The average Bonchev–Trinajstić information content (AvgIpc) is 2.53. The van der Waals surface area contributed by atoms with Gasteiger partial charge in [0, 0.05) is 13.0 Å². The van der Waals surface area contributed by atoms with Crippen LogP contribution < -0.4 is 5.32 Å². The maximum atomic E-state index is 10.9. The van der Waals surface area contributed by atoms with Crippen LogP contribution in [0.25, 0.3) is 0 Å². The second kappa shape index (κ2) is 2.61. The summed E-state index contributed by atoms with van der Waals surface area (Å²) in [6, 6.07) is 0.400. The van der Waals surface area contributed by atoms with Gasteiger partial charge < -0.3 is 5.32 Å². The predicted octanol–water partition coefficient (Wildman–Crippen LogP) is 1.33. The Balaban J connectivity index is 2.08. The molecular weight excluding hydrogens is 150 g/mol. The topological polar surface area (TPSA) is 29.1 Å². The van der Waals surface area contributed by atoms with Crippen LogP contribution in [0.2, 0.25) is 0 Å². The number of amides is 1. The van der Waals surface area contributed by atoms with Gasteiger partial charge in [0.15, 0.2) is 0 Å². The van der Waals surface area contributed by atoms with Gasteiger partial charge in [-0.15, -0.1) is 0 Å². The Bertz CT molecular complexity index is 234. The lowest BCUT2D eigenvalue weighted by atomic mass is 9.91. The first-order valence-corrected chi connectivity index (χ1v) is 4.64. The summed E-state index contributed by atoms with van der Waals surface area (Å²) in [7, 11) is 0. The molecule has 4 unspecified atom stereocenters. The quantitative estimate of drug-likeness (QED) is 0.583. The van der Waals surface area contributed by atoms with Crippen molar-refractivity contribution in [1.82, 2.24) is 5.32 Å². The fraction of sp³-hybridized carbons (Fsp3) is 0.700. The summed E-state index contributed by atoms with van der Waals surface area (Å²) in [6.07, 6.45) is 5.80. The van der Waals surface area contributed by atoms with Gasteiger partial charge in [0.25, 0.3) is 0 Å². The number of allylic oxidation sites excluding steroid dienone is 1. The first-order valence-electron chi connectivity index (χ1n) is 4.64. The summed E-state index contributed by atoms with van der Waals surface area (Å²) >= 11 is 0. The summed E-state index contributed by atoms with van der Waals surface area (Å²) < 4.78 is 0. The van der Waals surface area contributed by atoms with Crippen molar-refractivity contribution >= 4 is 5.91 Å². The van der Waals surface area contributed by atoms with E-state index in [1.807, 2.05) is 0 Å². The fourth-order valence-electron chi connectivity index (χ4n) is 2.54. The van der Waals surface area contributed by atoms with Crippen molar-refractivity contribution in [2.45, 2.75) is 26.3 Å². The highest BCUT2D eigenvalue weighted by Gasteiger charge is 2.41. The first kappa shape index (κ1) is 7.84. The van der Waals surface area contributed by atoms with Gasteiger partial charge in [-0.1, -0.05) is 19.1 Å². The molecule has 2 bridgehead atoms. The van der Waals surface area contributed by atoms with Crippen LogP contribution >= 0.6 is 0 Å². The molecule has 1 fully saturated rings. The maximum absolute atomic E-state index is 10.9. The third kappa shape index (κ3) is 1.06. The minimum absolute atomic E-state index is 0.104. The van der Waals surface area contributed by atoms with Crippen LogP contribution in [0.5, 0.6) is 0 Å². The molecule has 2 aliphatic carbocycles. The molecule has 2 rings (SSSR count). The van der Waals surface area contributed by atoms with Gasteiger partial charge in [0.2, 0.25) is 5.91 Å². The monoisotopic (exact) mass is 165 g/mol. The smallest absolute Gasteiger partial charge is 0.217 e. The molecular formula is C10H15NO. The second-order valence-corrected chi connectivity index (χ2v) is 4.03. The molecule has 1 saturated carbocycles. The third-order valence-corrected chi connectivity index (χ3v) is 3.22. The summed E-state index contributed by atoms with van der Waals surface area (Å²) in [5, 5.41) is 3.03. The van der Waals surface area contributed by atoms with E-state index < -0.39 is 0 Å². The van der Waals surface area contributed by atoms with Gasteiger partial charge in [-0.2, -0.15) is 0 Å². The molecule has 2 heteroatoms. The molecule has 2 nitrogen and oxygen atoms in total. The Hall–Kier alpha value is -0.790. The van der Waals surface area contributed by atoms with Gasteiger partial charge in [-0.3, -0.25) is 4.79 Å². The largest absolute Gasteiger partial charge is 0.353 e. The zero-order valence-corrected chi connectivity index (χ0v) is 7.58. The predicted molar refractivity (Wildman–Crippen MR) is 47.5 cm³/mol. The van der Waals surface area contributed by atoms with E-state index in [-0.39, 0.29) is 5.91 Å². The minimum atomic E-state index is 0.104. The molecule has 12 heavy (non-hydrogen) atoms. The van der Waals surface area contributed by atoms with E-state index in [9.17, 15) is 4.79 Å². The van der Waals surface area contributed by atoms with Gasteiger partial charge in [-0.25, -0.2) is 0 Å². The molecule has 0 spiro atoms. The molecule has 0 aromatic rings. The Kier molecular flexibility index (Phi) is 1.71. The van der Waals surface area contributed by atoms with Crippen LogP contribution in [-0.2, 0) is 4.79 Å². The van der Waals surface area contributed by atoms with E-state index in [2.05, 4.69) is 24.4 Å². The van der Waals surface area contributed by atoms with E-state index in [0.29, 0.717) is 23.8 Å². The minimum Gasteiger partial charge on any atom is -0.353 e. The zero-order valence-electron chi connectivity index (χ0n) is 7.58. The molecule has 2 aliphatic rings. The fourth-order valence-corrected chi connectivity index (χ4v) is 2.54. The Morgan fingerprint density at radius 3 is 2.58 bits per heavy atom. The number of rotatable bonds is 1. The van der Waals surface area contributed by atoms with Crippen molar-refractivity contribution in [3.63, 3.8) is 0 Å². The lowest BCUT2D eigenvalue weighted by molar-refractivity contribution is -0.120. The summed E-state index contributed by atoms with van der Waals surface area (Å²) in [6.45, 7) is 3.83. The molecule has 4 atom stereocenters. The highest BCUT2D eigenvalue weighted by atomic mass is 16.1. The third-order valence-electron chi connectivity index (χ3n) is 3.22. The van der Waals surface area contributed by atoms with E-state index in [4.69, 9.17) is 0 Å². The van der Waals surface area contributed by atoms with Crippen molar-refractivity contribution in [1.29, 1.82) is 0 Å². The molecule has 0 aromatic carbocycles. The van der Waals surface area contributed by atoms with Gasteiger partial charge in [0.05, 0.1) is 0 Å². The number of carbonyl (C=O) groups excluding carboxylic acids is 1. The van der Waals surface area contributed by atoms with E-state index in [0.717, 1.165) is 0 Å². The Morgan fingerprint density at radius 1 is 1.42 bits per heavy atom. The van der Waals surface area contributed by atoms with Crippen LogP contribution in [0.1, 0.15) is 20.3 Å². The molecule has 1 amide bonds. The van der Waals surface area contributed by atoms with Gasteiger partial charge in [-0.05, 0) is 24.2 Å². The molecule has 0 radical (unpaired) electrons. The van der Waals surface area contributed by atoms with Crippen molar-refractivity contribution in [2.75, 3.05) is 0 Å². The van der Waals surface area contributed by atoms with Gasteiger partial charge in [0.1, 0.15) is 0 Å². The van der Waals surface area contributed by atoms with E-state index in [1.54, 1.807) is 6.92 Å². The van der Waals surface area contributed by atoms with Crippen LogP contribution in [0.15, 0.2) is 12.2 Å². The molecule has 0 heterocycles. The highest BCUT2D eigenvalue weighted by Crippen LogP contribution is 2.43. The molecule has 0 aromatic heterocycles. The number of hydrogen-bond donors (Lipinski definition) is 1. The Labute approximate surface area is 73.0 Å². The highest BCUT2D eigenvalue weighted by molar-refractivity contribution is 5.73. The Morgan fingerprint density at radius 2 is 2.08 bits per heavy atom. The normalized spacial score (nSPS) is 43.5.